The quantitative estimate of drug-likeness (QED) is 0.0933. The van der Waals surface area contributed by atoms with Crippen LogP contribution in [0, 0.1) is 36.0 Å². The maximum atomic E-state index is 13.9. The minimum absolute atomic E-state index is 0.0499. The van der Waals surface area contributed by atoms with Crippen LogP contribution in [0.25, 0.3) is 6.08 Å². The van der Waals surface area contributed by atoms with Crippen LogP contribution < -0.4 is 23.7 Å². The Balaban J connectivity index is 1.56. The number of benzene rings is 3. The molecule has 12 heteroatoms. The van der Waals surface area contributed by atoms with E-state index in [-0.39, 0.29) is 22.8 Å². The van der Waals surface area contributed by atoms with Crippen molar-refractivity contribution in [1.29, 1.82) is 0 Å². The van der Waals surface area contributed by atoms with Gasteiger partial charge in [-0.3, -0.25) is 4.79 Å². The first-order chi connectivity index (χ1) is 18.5. The number of allylic oxidation sites excluding steroid dienone is 1. The predicted octanol–water partition coefficient (Wildman–Crippen LogP) is 5.70. The van der Waals surface area contributed by atoms with Gasteiger partial charge in [-0.1, -0.05) is 12.1 Å². The summed E-state index contributed by atoms with van der Waals surface area (Å²) in [4.78, 5) is 25.5. The molecule has 0 saturated heterocycles. The van der Waals surface area contributed by atoms with Crippen molar-refractivity contribution in [2.24, 2.45) is 0 Å². The number of carbonyl (C=O) groups excluding carboxylic acids is 2. The Hall–Kier alpha value is -4.61. The minimum atomic E-state index is -2.37. The van der Waals surface area contributed by atoms with Gasteiger partial charge in [0.1, 0.15) is 11.5 Å². The molecule has 0 amide bonds. The second-order valence-corrected chi connectivity index (χ2v) is 8.22. The first-order valence-corrected chi connectivity index (χ1v) is 11.2. The van der Waals surface area contributed by atoms with Crippen LogP contribution in [-0.4, -0.2) is 32.1 Å². The van der Waals surface area contributed by atoms with E-state index in [9.17, 15) is 31.5 Å². The summed E-state index contributed by atoms with van der Waals surface area (Å²) in [7, 11) is 2.90. The summed E-state index contributed by atoms with van der Waals surface area (Å²) in [6, 6.07) is 7.61. The maximum Gasteiger partial charge on any atom is 0.352 e. The summed E-state index contributed by atoms with van der Waals surface area (Å²) < 4.78 is 94.1. The summed E-state index contributed by atoms with van der Waals surface area (Å²) in [6.07, 6.45) is -0.334. The number of carbonyl (C=O) groups is 2. The number of Topliss-reactive ketones (excluding diaryl/α,β-unsaturated/α-hetero) is 1. The molecule has 39 heavy (non-hydrogen) atoms. The van der Waals surface area contributed by atoms with Crippen molar-refractivity contribution in [2.75, 3.05) is 14.2 Å². The van der Waals surface area contributed by atoms with E-state index >= 15 is 0 Å². The zero-order valence-corrected chi connectivity index (χ0v) is 20.8. The first-order valence-electron chi connectivity index (χ1n) is 11.2. The molecule has 0 bridgehead atoms. The van der Waals surface area contributed by atoms with Crippen LogP contribution in [0.4, 0.5) is 22.0 Å². The van der Waals surface area contributed by atoms with Gasteiger partial charge in [-0.25, -0.2) is 18.0 Å². The summed E-state index contributed by atoms with van der Waals surface area (Å²) in [5.41, 5.74) is 1.07. The molecule has 0 spiro atoms. The van der Waals surface area contributed by atoms with Crippen LogP contribution in [0.5, 0.6) is 28.7 Å². The highest BCUT2D eigenvalue weighted by molar-refractivity contribution is 6.15. The molecular weight excluding hydrogens is 531 g/mol. The summed E-state index contributed by atoms with van der Waals surface area (Å²) in [5.74, 6) is -13.9. The van der Waals surface area contributed by atoms with Crippen molar-refractivity contribution >= 4 is 17.8 Å². The van der Waals surface area contributed by atoms with Gasteiger partial charge in [0.05, 0.1) is 19.8 Å². The lowest BCUT2D eigenvalue weighted by atomic mass is 10.0. The number of rotatable bonds is 7. The minimum Gasteiger partial charge on any atom is -0.493 e. The van der Waals surface area contributed by atoms with E-state index in [1.54, 1.807) is 25.1 Å². The third kappa shape index (κ3) is 4.97. The number of esters is 1. The van der Waals surface area contributed by atoms with E-state index in [0.717, 1.165) is 6.92 Å². The van der Waals surface area contributed by atoms with Gasteiger partial charge < -0.3 is 23.7 Å². The molecule has 204 valence electrons. The number of hydrogen-bond donors (Lipinski definition) is 0. The smallest absolute Gasteiger partial charge is 0.352 e. The number of fused-ring (bicyclic) bond motifs is 1. The number of ether oxygens (including phenoxy) is 5. The van der Waals surface area contributed by atoms with Gasteiger partial charge in [0.25, 0.3) is 0 Å². The van der Waals surface area contributed by atoms with Gasteiger partial charge in [-0.15, -0.1) is 0 Å². The standard InChI is InChI=1S/C27H19F5O7/c1-11-8-14(38-27(34)12(2)37-26-22(31)20(29)19(28)21(30)23(26)32)10-16-18(11)24(33)17(39-16)9-13-6-5-7-15(35-3)25(13)36-4/h5-10,12H,1-4H3/b17-9-. The fourth-order valence-electron chi connectivity index (χ4n) is 3.82. The average molecular weight is 550 g/mol. The zero-order valence-electron chi connectivity index (χ0n) is 20.8. The summed E-state index contributed by atoms with van der Waals surface area (Å²) in [6.45, 7) is 2.55. The lowest BCUT2D eigenvalue weighted by Gasteiger charge is -2.16. The Morgan fingerprint density at radius 1 is 0.923 bits per heavy atom. The SMILES string of the molecule is COc1cccc(/C=C2\Oc3cc(OC(=O)C(C)Oc4c(F)c(F)c(F)c(F)c4F)cc(C)c3C2=O)c1OC. The largest absolute Gasteiger partial charge is 0.493 e. The van der Waals surface area contributed by atoms with Crippen molar-refractivity contribution in [3.63, 3.8) is 0 Å². The third-order valence-corrected chi connectivity index (χ3v) is 5.68. The molecule has 0 fully saturated rings. The molecule has 0 aromatic heterocycles. The van der Waals surface area contributed by atoms with E-state index in [4.69, 9.17) is 23.7 Å². The molecular formula is C27H19F5O7. The second-order valence-electron chi connectivity index (χ2n) is 8.22. The van der Waals surface area contributed by atoms with Crippen LogP contribution in [0.2, 0.25) is 0 Å². The first kappa shape index (κ1) is 27.4. The van der Waals surface area contributed by atoms with Crippen molar-refractivity contribution in [3.05, 3.63) is 81.9 Å². The Bertz CT molecular complexity index is 1500. The van der Waals surface area contributed by atoms with Gasteiger partial charge in [-0.2, -0.15) is 8.78 Å². The molecule has 3 aromatic rings. The van der Waals surface area contributed by atoms with Crippen molar-refractivity contribution in [2.45, 2.75) is 20.0 Å². The van der Waals surface area contributed by atoms with Crippen LogP contribution in [0.1, 0.15) is 28.4 Å². The number of para-hydroxylation sites is 1. The topological polar surface area (TPSA) is 80.3 Å². The molecule has 0 aliphatic carbocycles. The van der Waals surface area contributed by atoms with Crippen LogP contribution >= 0.6 is 0 Å². The fourth-order valence-corrected chi connectivity index (χ4v) is 3.82. The Labute approximate surface area is 218 Å². The van der Waals surface area contributed by atoms with Crippen LogP contribution in [0.15, 0.2) is 36.1 Å². The van der Waals surface area contributed by atoms with Crippen molar-refractivity contribution < 1.29 is 55.2 Å². The number of methoxy groups -OCH3 is 2. The number of halogens is 5. The highest BCUT2D eigenvalue weighted by Crippen LogP contribution is 2.39. The monoisotopic (exact) mass is 550 g/mol. The van der Waals surface area contributed by atoms with Crippen LogP contribution in [-0.2, 0) is 4.79 Å². The van der Waals surface area contributed by atoms with E-state index in [0.29, 0.717) is 22.6 Å². The van der Waals surface area contributed by atoms with Crippen molar-refractivity contribution in [3.8, 4) is 28.7 Å². The third-order valence-electron chi connectivity index (χ3n) is 5.68. The highest BCUT2D eigenvalue weighted by Gasteiger charge is 2.32. The molecule has 1 aliphatic rings. The van der Waals surface area contributed by atoms with Gasteiger partial charge >= 0.3 is 5.97 Å². The van der Waals surface area contributed by atoms with E-state index < -0.39 is 52.7 Å². The Morgan fingerprint density at radius 2 is 1.56 bits per heavy atom. The normalized spacial score (nSPS) is 14.1. The molecule has 0 radical (unpaired) electrons. The zero-order chi connectivity index (χ0) is 28.6. The van der Waals surface area contributed by atoms with E-state index in [1.807, 2.05) is 0 Å². The van der Waals surface area contributed by atoms with Gasteiger partial charge in [0.2, 0.25) is 34.9 Å². The maximum absolute atomic E-state index is 13.9. The molecule has 4 rings (SSSR count). The molecule has 1 atom stereocenters. The van der Waals surface area contributed by atoms with E-state index in [1.165, 1.54) is 32.4 Å². The number of ketones is 1. The number of aryl methyl sites for hydroxylation is 1. The summed E-state index contributed by atoms with van der Waals surface area (Å²) >= 11 is 0. The fraction of sp³-hybridized carbons (Fsp3) is 0.185. The molecule has 1 aliphatic heterocycles. The van der Waals surface area contributed by atoms with Gasteiger partial charge in [0.15, 0.2) is 29.1 Å². The number of hydrogen-bond acceptors (Lipinski definition) is 7. The lowest BCUT2D eigenvalue weighted by molar-refractivity contribution is -0.141. The van der Waals surface area contributed by atoms with Crippen LogP contribution in [0.3, 0.4) is 0 Å². The molecule has 1 heterocycles. The second kappa shape index (κ2) is 10.6. The molecule has 3 aromatic carbocycles. The Kier molecular flexibility index (Phi) is 7.48. The molecule has 0 saturated carbocycles. The lowest BCUT2D eigenvalue weighted by Crippen LogP contribution is -2.29. The highest BCUT2D eigenvalue weighted by atomic mass is 19.2. The van der Waals surface area contributed by atoms with E-state index in [2.05, 4.69) is 0 Å². The van der Waals surface area contributed by atoms with Gasteiger partial charge in [-0.05, 0) is 37.6 Å². The van der Waals surface area contributed by atoms with Gasteiger partial charge in [0, 0.05) is 11.6 Å². The average Bonchev–Trinajstić information content (AvgIpc) is 3.23. The van der Waals surface area contributed by atoms with Crippen molar-refractivity contribution in [1.82, 2.24) is 0 Å². The Morgan fingerprint density at radius 3 is 2.18 bits per heavy atom. The molecule has 7 nitrogen and oxygen atoms in total. The summed E-state index contributed by atoms with van der Waals surface area (Å²) in [5, 5.41) is 0. The predicted molar refractivity (Wildman–Crippen MR) is 126 cm³/mol. The molecule has 0 N–H and O–H groups in total. The molecule has 1 unspecified atom stereocenters.